The van der Waals surface area contributed by atoms with Crippen molar-refractivity contribution in [3.8, 4) is 0 Å². The van der Waals surface area contributed by atoms with Crippen molar-refractivity contribution >= 4 is 47.4 Å². The van der Waals surface area contributed by atoms with Gasteiger partial charge in [0.05, 0.1) is 0 Å². The Hall–Kier alpha value is -0.661. The Morgan fingerprint density at radius 2 is 1.25 bits per heavy atom. The SMILES string of the molecule is C[Se](=O)c1cccc2cccc([Se](C)=O)c12. The van der Waals surface area contributed by atoms with Crippen LogP contribution in [0.5, 0.6) is 0 Å². The van der Waals surface area contributed by atoms with Crippen LogP contribution < -0.4 is 8.92 Å². The quantitative estimate of drug-likeness (QED) is 0.770. The molecule has 0 radical (unpaired) electrons. The summed E-state index contributed by atoms with van der Waals surface area (Å²) in [6.45, 7) is 0. The van der Waals surface area contributed by atoms with Crippen molar-refractivity contribution in [2.24, 2.45) is 0 Å². The zero-order chi connectivity index (χ0) is 11.7. The second-order valence-corrected chi connectivity index (χ2v) is 9.18. The molecule has 84 valence electrons. The van der Waals surface area contributed by atoms with E-state index in [1.807, 2.05) is 36.4 Å². The normalized spacial score (nSPS) is 14.9. The van der Waals surface area contributed by atoms with Gasteiger partial charge >= 0.3 is 103 Å². The van der Waals surface area contributed by atoms with E-state index in [4.69, 9.17) is 0 Å². The van der Waals surface area contributed by atoms with E-state index < -0.39 is 27.7 Å². The molecular weight excluding hydrogens is 334 g/mol. The Labute approximate surface area is 103 Å². The van der Waals surface area contributed by atoms with Crippen LogP contribution >= 0.6 is 0 Å². The first-order valence-corrected chi connectivity index (χ1v) is 11.3. The van der Waals surface area contributed by atoms with Crippen LogP contribution in [-0.2, 0) is 7.67 Å². The average molecular weight is 346 g/mol. The van der Waals surface area contributed by atoms with Crippen molar-refractivity contribution in [2.45, 2.75) is 11.6 Å². The Bertz CT molecular complexity index is 542. The van der Waals surface area contributed by atoms with Crippen molar-refractivity contribution in [1.82, 2.24) is 0 Å². The molecule has 0 heterocycles. The average Bonchev–Trinajstić information content (AvgIpc) is 2.27. The maximum absolute atomic E-state index is 11.8. The Balaban J connectivity index is 2.92. The van der Waals surface area contributed by atoms with E-state index >= 15 is 0 Å². The molecule has 0 fully saturated rings. The van der Waals surface area contributed by atoms with Gasteiger partial charge in [0.15, 0.2) is 0 Å². The van der Waals surface area contributed by atoms with Crippen molar-refractivity contribution in [2.75, 3.05) is 0 Å². The third-order valence-electron chi connectivity index (χ3n) is 2.45. The van der Waals surface area contributed by atoms with Crippen LogP contribution in [0.15, 0.2) is 36.4 Å². The summed E-state index contributed by atoms with van der Waals surface area (Å²) in [5.74, 6) is 3.50. The summed E-state index contributed by atoms with van der Waals surface area (Å²) in [7, 11) is 0. The van der Waals surface area contributed by atoms with Gasteiger partial charge in [0.1, 0.15) is 0 Å². The molecule has 0 N–H and O–H groups in total. The monoisotopic (exact) mass is 348 g/mol. The molecule has 2 atom stereocenters. The first-order chi connectivity index (χ1) is 7.61. The van der Waals surface area contributed by atoms with E-state index in [0.29, 0.717) is 0 Å². The number of hydrogen-bond donors (Lipinski definition) is 0. The topological polar surface area (TPSA) is 34.1 Å². The van der Waals surface area contributed by atoms with Gasteiger partial charge in [-0.25, -0.2) is 0 Å². The van der Waals surface area contributed by atoms with Crippen molar-refractivity contribution < 1.29 is 7.67 Å². The van der Waals surface area contributed by atoms with Crippen molar-refractivity contribution in [1.29, 1.82) is 0 Å². The molecule has 2 aromatic carbocycles. The second kappa shape index (κ2) is 4.68. The molecule has 0 saturated heterocycles. The predicted molar refractivity (Wildman–Crippen MR) is 67.8 cm³/mol. The van der Waals surface area contributed by atoms with Gasteiger partial charge in [-0.2, -0.15) is 0 Å². The molecule has 0 aliphatic rings. The standard InChI is InChI=1S/C12H12O2Se2/c1-15(13)10-7-3-5-9-6-4-8-11(12(9)10)16(2)14/h3-8H,1-2H3. The summed E-state index contributed by atoms with van der Waals surface area (Å²) < 4.78 is 25.3. The third kappa shape index (κ3) is 2.07. The molecule has 0 bridgehead atoms. The Morgan fingerprint density at radius 1 is 0.812 bits per heavy atom. The van der Waals surface area contributed by atoms with Crippen LogP contribution in [0, 0.1) is 0 Å². The first kappa shape index (κ1) is 11.8. The van der Waals surface area contributed by atoms with Crippen molar-refractivity contribution in [3.63, 3.8) is 0 Å². The second-order valence-electron chi connectivity index (χ2n) is 3.52. The Morgan fingerprint density at radius 3 is 1.62 bits per heavy atom. The molecule has 2 unspecified atom stereocenters. The molecule has 16 heavy (non-hydrogen) atoms. The van der Waals surface area contributed by atoms with Gasteiger partial charge in [-0.1, -0.05) is 0 Å². The fourth-order valence-electron chi connectivity index (χ4n) is 1.75. The molecule has 0 spiro atoms. The van der Waals surface area contributed by atoms with E-state index in [1.54, 1.807) is 11.6 Å². The minimum atomic E-state index is -1.98. The van der Waals surface area contributed by atoms with E-state index in [-0.39, 0.29) is 0 Å². The molecule has 2 nitrogen and oxygen atoms in total. The van der Waals surface area contributed by atoms with E-state index in [2.05, 4.69) is 0 Å². The van der Waals surface area contributed by atoms with Gasteiger partial charge in [-0.05, 0) is 0 Å². The molecule has 0 amide bonds. The fraction of sp³-hybridized carbons (Fsp3) is 0.167. The number of rotatable bonds is 2. The zero-order valence-electron chi connectivity index (χ0n) is 9.10. The van der Waals surface area contributed by atoms with Gasteiger partial charge in [-0.15, -0.1) is 0 Å². The van der Waals surface area contributed by atoms with Gasteiger partial charge in [0.2, 0.25) is 0 Å². The van der Waals surface area contributed by atoms with Crippen LogP contribution in [-0.4, -0.2) is 27.7 Å². The van der Waals surface area contributed by atoms with Crippen LogP contribution in [0.1, 0.15) is 0 Å². The molecule has 0 aliphatic heterocycles. The minimum absolute atomic E-state index is 0.875. The summed E-state index contributed by atoms with van der Waals surface area (Å²) in [6.07, 6.45) is 0. The summed E-state index contributed by atoms with van der Waals surface area (Å²) >= 11 is -3.97. The van der Waals surface area contributed by atoms with E-state index in [1.165, 1.54) is 0 Å². The van der Waals surface area contributed by atoms with Gasteiger partial charge in [-0.3, -0.25) is 0 Å². The maximum atomic E-state index is 11.8. The van der Waals surface area contributed by atoms with Crippen molar-refractivity contribution in [3.05, 3.63) is 36.4 Å². The molecular formula is C12H12O2Se2. The molecule has 0 aromatic heterocycles. The zero-order valence-corrected chi connectivity index (χ0v) is 12.5. The number of benzene rings is 2. The number of hydrogen-bond acceptors (Lipinski definition) is 2. The van der Waals surface area contributed by atoms with Gasteiger partial charge < -0.3 is 0 Å². The molecule has 0 aliphatic carbocycles. The van der Waals surface area contributed by atoms with Crippen LogP contribution in [0.25, 0.3) is 10.8 Å². The third-order valence-corrected chi connectivity index (χ3v) is 6.47. The summed E-state index contributed by atoms with van der Waals surface area (Å²) in [5.41, 5.74) is 0. The molecule has 2 aromatic rings. The number of fused-ring (bicyclic) bond motifs is 1. The molecule has 2 rings (SSSR count). The first-order valence-electron chi connectivity index (χ1n) is 4.80. The predicted octanol–water partition coefficient (Wildman–Crippen LogP) is 1.36. The van der Waals surface area contributed by atoms with Crippen LogP contribution in [0.2, 0.25) is 11.6 Å². The van der Waals surface area contributed by atoms with Crippen LogP contribution in [0.3, 0.4) is 0 Å². The Kier molecular flexibility index (Phi) is 3.46. The molecule has 0 saturated carbocycles. The fourth-order valence-corrected chi connectivity index (χ4v) is 5.38. The summed E-state index contributed by atoms with van der Waals surface area (Å²) in [6, 6.07) is 11.6. The summed E-state index contributed by atoms with van der Waals surface area (Å²) in [4.78, 5) is 0. The van der Waals surface area contributed by atoms with E-state index in [9.17, 15) is 7.67 Å². The molecule has 4 heteroatoms. The van der Waals surface area contributed by atoms with Gasteiger partial charge in [0, 0.05) is 0 Å². The van der Waals surface area contributed by atoms with Gasteiger partial charge in [0.25, 0.3) is 0 Å². The summed E-state index contributed by atoms with van der Waals surface area (Å²) in [5, 5.41) is 1.99. The van der Waals surface area contributed by atoms with E-state index in [0.717, 1.165) is 19.7 Å². The van der Waals surface area contributed by atoms with Crippen LogP contribution in [0.4, 0.5) is 0 Å².